The normalized spacial score (nSPS) is 10.3. The van der Waals surface area contributed by atoms with Crippen LogP contribution in [-0.4, -0.2) is 29.1 Å². The fourth-order valence-corrected chi connectivity index (χ4v) is 1.66. The second-order valence-electron chi connectivity index (χ2n) is 4.03. The standard InChI is InChI=1S/C12H18N2O3/c1-8-7-9(2)14-12(17)10(8)11(16)13-5-3-4-6-15/h7,15H,3-6H2,1-2H3,(H,13,16)(H,14,17). The maximum absolute atomic E-state index is 11.8. The summed E-state index contributed by atoms with van der Waals surface area (Å²) in [5.41, 5.74) is 1.22. The summed E-state index contributed by atoms with van der Waals surface area (Å²) >= 11 is 0. The first kappa shape index (κ1) is 13.4. The first-order valence-corrected chi connectivity index (χ1v) is 5.66. The monoisotopic (exact) mass is 238 g/mol. The molecule has 0 saturated heterocycles. The first-order valence-electron chi connectivity index (χ1n) is 5.66. The molecule has 0 unspecified atom stereocenters. The summed E-state index contributed by atoms with van der Waals surface area (Å²) in [5, 5.41) is 11.3. The van der Waals surface area contributed by atoms with Crippen molar-refractivity contribution < 1.29 is 9.90 Å². The topological polar surface area (TPSA) is 82.2 Å². The molecule has 0 aliphatic heterocycles. The third kappa shape index (κ3) is 3.71. The van der Waals surface area contributed by atoms with Crippen LogP contribution in [0.1, 0.15) is 34.5 Å². The van der Waals surface area contributed by atoms with Crippen molar-refractivity contribution >= 4 is 5.91 Å². The van der Waals surface area contributed by atoms with E-state index in [1.54, 1.807) is 19.9 Å². The molecule has 94 valence electrons. The van der Waals surface area contributed by atoms with E-state index in [9.17, 15) is 9.59 Å². The Kier molecular flexibility index (Phi) is 4.90. The van der Waals surface area contributed by atoms with Gasteiger partial charge in [-0.1, -0.05) is 0 Å². The third-order valence-corrected chi connectivity index (χ3v) is 2.46. The van der Waals surface area contributed by atoms with E-state index in [1.165, 1.54) is 0 Å². The molecule has 0 bridgehead atoms. The molecule has 0 aromatic carbocycles. The number of rotatable bonds is 5. The number of hydrogen-bond donors (Lipinski definition) is 3. The van der Waals surface area contributed by atoms with Gasteiger partial charge in [-0.3, -0.25) is 9.59 Å². The van der Waals surface area contributed by atoms with Gasteiger partial charge in [0, 0.05) is 18.8 Å². The minimum Gasteiger partial charge on any atom is -0.396 e. The second kappa shape index (κ2) is 6.20. The number of aryl methyl sites for hydroxylation is 2. The number of unbranched alkanes of at least 4 members (excludes halogenated alkanes) is 1. The van der Waals surface area contributed by atoms with E-state index in [0.29, 0.717) is 24.9 Å². The number of pyridine rings is 1. The maximum Gasteiger partial charge on any atom is 0.261 e. The summed E-state index contributed by atoms with van der Waals surface area (Å²) < 4.78 is 0. The number of hydrogen-bond acceptors (Lipinski definition) is 3. The molecule has 1 rings (SSSR count). The summed E-state index contributed by atoms with van der Waals surface area (Å²) in [4.78, 5) is 26.0. The average Bonchev–Trinajstić information content (AvgIpc) is 2.23. The van der Waals surface area contributed by atoms with Crippen molar-refractivity contribution in [3.63, 3.8) is 0 Å². The highest BCUT2D eigenvalue weighted by Gasteiger charge is 2.13. The Bertz CT molecular complexity index is 452. The van der Waals surface area contributed by atoms with E-state index in [1.807, 2.05) is 0 Å². The van der Waals surface area contributed by atoms with Gasteiger partial charge in [0.15, 0.2) is 0 Å². The molecule has 1 aromatic rings. The number of aromatic nitrogens is 1. The summed E-state index contributed by atoms with van der Waals surface area (Å²) in [7, 11) is 0. The Hall–Kier alpha value is -1.62. The molecule has 0 aliphatic carbocycles. The molecule has 0 fully saturated rings. The van der Waals surface area contributed by atoms with Crippen molar-refractivity contribution in [3.8, 4) is 0 Å². The molecule has 0 radical (unpaired) electrons. The quantitative estimate of drug-likeness (QED) is 0.653. The number of aromatic amines is 1. The first-order chi connectivity index (χ1) is 8.06. The zero-order valence-corrected chi connectivity index (χ0v) is 10.2. The second-order valence-corrected chi connectivity index (χ2v) is 4.03. The molecule has 0 spiro atoms. The number of aliphatic hydroxyl groups excluding tert-OH is 1. The van der Waals surface area contributed by atoms with Gasteiger partial charge in [0.1, 0.15) is 5.56 Å². The molecule has 5 nitrogen and oxygen atoms in total. The number of carbonyl (C=O) groups is 1. The molecule has 1 heterocycles. The van der Waals surface area contributed by atoms with E-state index < -0.39 is 0 Å². The van der Waals surface area contributed by atoms with Gasteiger partial charge >= 0.3 is 0 Å². The zero-order chi connectivity index (χ0) is 12.8. The molecule has 1 amide bonds. The predicted octanol–water partition coefficient (Wildman–Crippen LogP) is 0.494. The minimum atomic E-state index is -0.360. The number of H-pyrrole nitrogens is 1. The number of carbonyl (C=O) groups excluding carboxylic acids is 1. The lowest BCUT2D eigenvalue weighted by atomic mass is 10.1. The SMILES string of the molecule is Cc1cc(C)c(C(=O)NCCCCO)c(=O)[nH]1. The molecule has 0 saturated carbocycles. The van der Waals surface area contributed by atoms with Crippen molar-refractivity contribution in [1.29, 1.82) is 0 Å². The fraction of sp³-hybridized carbons (Fsp3) is 0.500. The molecule has 0 atom stereocenters. The van der Waals surface area contributed by atoms with Crippen molar-refractivity contribution in [2.75, 3.05) is 13.2 Å². The Morgan fingerprint density at radius 3 is 2.71 bits per heavy atom. The molecule has 3 N–H and O–H groups in total. The smallest absolute Gasteiger partial charge is 0.261 e. The number of aliphatic hydroxyl groups is 1. The van der Waals surface area contributed by atoms with Gasteiger partial charge in [-0.2, -0.15) is 0 Å². The summed E-state index contributed by atoms with van der Waals surface area (Å²) in [6.07, 6.45) is 1.34. The molecule has 5 heteroatoms. The lowest BCUT2D eigenvalue weighted by molar-refractivity contribution is 0.0950. The van der Waals surface area contributed by atoms with E-state index in [2.05, 4.69) is 10.3 Å². The summed E-state index contributed by atoms with van der Waals surface area (Å²) in [5.74, 6) is -0.360. The molecule has 0 aliphatic rings. The molecule has 17 heavy (non-hydrogen) atoms. The Morgan fingerprint density at radius 2 is 2.12 bits per heavy atom. The van der Waals surface area contributed by atoms with Crippen molar-refractivity contribution in [2.45, 2.75) is 26.7 Å². The molecular formula is C12H18N2O3. The van der Waals surface area contributed by atoms with Gasteiger partial charge in [-0.25, -0.2) is 0 Å². The van der Waals surface area contributed by atoms with Gasteiger partial charge < -0.3 is 15.4 Å². The van der Waals surface area contributed by atoms with Crippen LogP contribution in [0.5, 0.6) is 0 Å². The molecular weight excluding hydrogens is 220 g/mol. The maximum atomic E-state index is 11.8. The summed E-state index contributed by atoms with van der Waals surface area (Å²) in [6.45, 7) is 4.09. The van der Waals surface area contributed by atoms with Crippen molar-refractivity contribution in [1.82, 2.24) is 10.3 Å². The van der Waals surface area contributed by atoms with E-state index in [4.69, 9.17) is 5.11 Å². The van der Waals surface area contributed by atoms with Crippen LogP contribution in [0.15, 0.2) is 10.9 Å². The van der Waals surface area contributed by atoms with Gasteiger partial charge in [0.25, 0.3) is 11.5 Å². The zero-order valence-electron chi connectivity index (χ0n) is 10.2. The van der Waals surface area contributed by atoms with Gasteiger partial charge in [0.2, 0.25) is 0 Å². The number of nitrogens with one attached hydrogen (secondary N) is 2. The van der Waals surface area contributed by atoms with Gasteiger partial charge in [0.05, 0.1) is 0 Å². The Morgan fingerprint density at radius 1 is 1.41 bits per heavy atom. The largest absolute Gasteiger partial charge is 0.396 e. The highest BCUT2D eigenvalue weighted by molar-refractivity contribution is 5.95. The molecule has 1 aromatic heterocycles. The lowest BCUT2D eigenvalue weighted by Gasteiger charge is -2.07. The van der Waals surface area contributed by atoms with Gasteiger partial charge in [-0.15, -0.1) is 0 Å². The van der Waals surface area contributed by atoms with Crippen LogP contribution in [0.2, 0.25) is 0 Å². The fourth-order valence-electron chi connectivity index (χ4n) is 1.66. The van der Waals surface area contributed by atoms with Crippen LogP contribution in [-0.2, 0) is 0 Å². The Balaban J connectivity index is 2.73. The number of amides is 1. The van der Waals surface area contributed by atoms with Crippen LogP contribution in [0.4, 0.5) is 0 Å². The predicted molar refractivity (Wildman–Crippen MR) is 65.2 cm³/mol. The van der Waals surface area contributed by atoms with E-state index in [0.717, 1.165) is 5.69 Å². The third-order valence-electron chi connectivity index (χ3n) is 2.46. The van der Waals surface area contributed by atoms with Gasteiger partial charge in [-0.05, 0) is 38.3 Å². The van der Waals surface area contributed by atoms with Crippen LogP contribution in [0, 0.1) is 13.8 Å². The van der Waals surface area contributed by atoms with Crippen LogP contribution >= 0.6 is 0 Å². The highest BCUT2D eigenvalue weighted by Crippen LogP contribution is 2.03. The average molecular weight is 238 g/mol. The van der Waals surface area contributed by atoms with E-state index >= 15 is 0 Å². The van der Waals surface area contributed by atoms with Crippen molar-refractivity contribution in [3.05, 3.63) is 33.2 Å². The van der Waals surface area contributed by atoms with Crippen LogP contribution in [0.25, 0.3) is 0 Å². The summed E-state index contributed by atoms with van der Waals surface area (Å²) in [6, 6.07) is 1.77. The van der Waals surface area contributed by atoms with Crippen LogP contribution < -0.4 is 10.9 Å². The highest BCUT2D eigenvalue weighted by atomic mass is 16.3. The lowest BCUT2D eigenvalue weighted by Crippen LogP contribution is -2.31. The van der Waals surface area contributed by atoms with Crippen molar-refractivity contribution in [2.24, 2.45) is 0 Å². The van der Waals surface area contributed by atoms with Crippen LogP contribution in [0.3, 0.4) is 0 Å². The van der Waals surface area contributed by atoms with E-state index in [-0.39, 0.29) is 23.6 Å². The Labute approximate surface area is 99.9 Å². The minimum absolute atomic E-state index is 0.111.